The third kappa shape index (κ3) is 6.14. The largest absolute Gasteiger partial charge is 0.360 e. The number of benzene rings is 1. The van der Waals surface area contributed by atoms with Gasteiger partial charge in [-0.2, -0.15) is 4.31 Å². The van der Waals surface area contributed by atoms with Crippen LogP contribution in [0.25, 0.3) is 0 Å². The van der Waals surface area contributed by atoms with Gasteiger partial charge in [-0.3, -0.25) is 9.59 Å². The molecule has 0 saturated carbocycles. The fourth-order valence-corrected chi connectivity index (χ4v) is 5.71. The number of hydrogen-bond donors (Lipinski definition) is 2. The summed E-state index contributed by atoms with van der Waals surface area (Å²) in [6.45, 7) is 2.25. The van der Waals surface area contributed by atoms with E-state index >= 15 is 0 Å². The molecule has 2 amide bonds. The van der Waals surface area contributed by atoms with Crippen molar-refractivity contribution in [2.24, 2.45) is 0 Å². The summed E-state index contributed by atoms with van der Waals surface area (Å²) in [6.07, 6.45) is 6.86. The lowest BCUT2D eigenvalue weighted by molar-refractivity contribution is -0.140. The first-order valence-corrected chi connectivity index (χ1v) is 12.4. The second-order valence-corrected chi connectivity index (χ2v) is 9.89. The van der Waals surface area contributed by atoms with Crippen LogP contribution in [0.4, 0.5) is 4.39 Å². The minimum atomic E-state index is -3.97. The standard InChI is InChI=1S/C22H30FN3O5S/c1-16-14-18(23)8-9-19(16)32(29,30)26-12-5-13-31-20(26)15-25-22(28)21(27)24-11-10-17-6-3-2-4-7-17/h6,8-9,14,20H,2-5,7,10-13,15H2,1H3,(H,24,27)(H,25,28)/t20-/m1/s1. The van der Waals surface area contributed by atoms with Crippen LogP contribution in [-0.4, -0.2) is 57.0 Å². The number of allylic oxidation sites excluding steroid dienone is 1. The average Bonchev–Trinajstić information content (AvgIpc) is 2.78. The van der Waals surface area contributed by atoms with E-state index in [0.29, 0.717) is 26.0 Å². The molecule has 0 bridgehead atoms. The quantitative estimate of drug-likeness (QED) is 0.471. The van der Waals surface area contributed by atoms with Crippen LogP contribution >= 0.6 is 0 Å². The highest BCUT2D eigenvalue weighted by Crippen LogP contribution is 2.25. The van der Waals surface area contributed by atoms with Crippen LogP contribution in [0.3, 0.4) is 0 Å². The Hall–Kier alpha value is -2.30. The molecule has 1 aromatic carbocycles. The highest BCUT2D eigenvalue weighted by Gasteiger charge is 2.35. The van der Waals surface area contributed by atoms with E-state index in [0.717, 1.165) is 35.7 Å². The van der Waals surface area contributed by atoms with Gasteiger partial charge in [0.2, 0.25) is 10.0 Å². The van der Waals surface area contributed by atoms with Crippen LogP contribution in [-0.2, 0) is 24.3 Å². The molecule has 176 valence electrons. The van der Waals surface area contributed by atoms with Gasteiger partial charge in [0.15, 0.2) is 0 Å². The normalized spacial score (nSPS) is 19.8. The van der Waals surface area contributed by atoms with Crippen molar-refractivity contribution in [1.29, 1.82) is 0 Å². The van der Waals surface area contributed by atoms with Gasteiger partial charge in [-0.15, -0.1) is 0 Å². The molecule has 1 aromatic rings. The van der Waals surface area contributed by atoms with Gasteiger partial charge in [-0.05, 0) is 69.2 Å². The van der Waals surface area contributed by atoms with E-state index < -0.39 is 33.9 Å². The Bertz CT molecular complexity index is 980. The monoisotopic (exact) mass is 467 g/mol. The van der Waals surface area contributed by atoms with Crippen molar-refractivity contribution >= 4 is 21.8 Å². The number of nitrogens with one attached hydrogen (secondary N) is 2. The maximum atomic E-state index is 13.4. The topological polar surface area (TPSA) is 105 Å². The van der Waals surface area contributed by atoms with E-state index in [1.165, 1.54) is 25.0 Å². The number of carbonyl (C=O) groups is 2. The van der Waals surface area contributed by atoms with Crippen molar-refractivity contribution in [3.63, 3.8) is 0 Å². The number of nitrogens with zero attached hydrogens (tertiary/aromatic N) is 1. The lowest BCUT2D eigenvalue weighted by Crippen LogP contribution is -2.53. The van der Waals surface area contributed by atoms with E-state index in [4.69, 9.17) is 4.74 Å². The van der Waals surface area contributed by atoms with Crippen LogP contribution in [0.1, 0.15) is 44.1 Å². The predicted molar refractivity (Wildman–Crippen MR) is 117 cm³/mol. The van der Waals surface area contributed by atoms with Gasteiger partial charge < -0.3 is 15.4 Å². The highest BCUT2D eigenvalue weighted by molar-refractivity contribution is 7.89. The zero-order valence-electron chi connectivity index (χ0n) is 18.2. The van der Waals surface area contributed by atoms with E-state index in [9.17, 15) is 22.4 Å². The van der Waals surface area contributed by atoms with Crippen LogP contribution in [0.5, 0.6) is 0 Å². The zero-order valence-corrected chi connectivity index (χ0v) is 19.0. The fraction of sp³-hybridized carbons (Fsp3) is 0.545. The molecule has 0 radical (unpaired) electrons. The van der Waals surface area contributed by atoms with Crippen molar-refractivity contribution in [1.82, 2.24) is 14.9 Å². The number of carbonyl (C=O) groups excluding carboxylic acids is 2. The Kier molecular flexibility index (Phi) is 8.38. The summed E-state index contributed by atoms with van der Waals surface area (Å²) in [4.78, 5) is 24.2. The van der Waals surface area contributed by atoms with Gasteiger partial charge in [0.25, 0.3) is 0 Å². The first kappa shape index (κ1) is 24.3. The van der Waals surface area contributed by atoms with Crippen LogP contribution in [0, 0.1) is 12.7 Å². The Balaban J connectivity index is 1.56. The van der Waals surface area contributed by atoms with Gasteiger partial charge in [-0.1, -0.05) is 11.6 Å². The molecule has 2 aliphatic rings. The minimum Gasteiger partial charge on any atom is -0.360 e. The smallest absolute Gasteiger partial charge is 0.309 e. The molecule has 0 aromatic heterocycles. The number of rotatable bonds is 7. The lowest BCUT2D eigenvalue weighted by atomic mass is 9.97. The molecule has 0 unspecified atom stereocenters. The third-order valence-electron chi connectivity index (χ3n) is 5.64. The molecule has 1 aliphatic heterocycles. The molecular formula is C22H30FN3O5S. The number of ether oxygens (including phenoxy) is 1. The summed E-state index contributed by atoms with van der Waals surface area (Å²) in [6, 6.07) is 3.47. The van der Waals surface area contributed by atoms with Gasteiger partial charge in [0.05, 0.1) is 18.0 Å². The lowest BCUT2D eigenvalue weighted by Gasteiger charge is -2.34. The highest BCUT2D eigenvalue weighted by atomic mass is 32.2. The molecule has 2 N–H and O–H groups in total. The molecule has 8 nitrogen and oxygen atoms in total. The molecule has 1 aliphatic carbocycles. The van der Waals surface area contributed by atoms with Crippen molar-refractivity contribution < 1.29 is 27.1 Å². The molecule has 1 saturated heterocycles. The molecule has 0 spiro atoms. The van der Waals surface area contributed by atoms with Crippen molar-refractivity contribution in [3.8, 4) is 0 Å². The average molecular weight is 468 g/mol. The molecule has 32 heavy (non-hydrogen) atoms. The summed E-state index contributed by atoms with van der Waals surface area (Å²) in [7, 11) is -3.97. The first-order valence-electron chi connectivity index (χ1n) is 10.9. The molecule has 1 heterocycles. The summed E-state index contributed by atoms with van der Waals surface area (Å²) in [5.41, 5.74) is 1.58. The molecule has 1 fully saturated rings. The summed E-state index contributed by atoms with van der Waals surface area (Å²) in [5.74, 6) is -2.13. The van der Waals surface area contributed by atoms with Crippen molar-refractivity contribution in [2.45, 2.75) is 56.6 Å². The van der Waals surface area contributed by atoms with E-state index in [-0.39, 0.29) is 23.5 Å². The molecular weight excluding hydrogens is 437 g/mol. The summed E-state index contributed by atoms with van der Waals surface area (Å²) < 4.78 is 46.4. The van der Waals surface area contributed by atoms with Crippen molar-refractivity contribution in [3.05, 3.63) is 41.2 Å². The van der Waals surface area contributed by atoms with Gasteiger partial charge in [0.1, 0.15) is 12.0 Å². The minimum absolute atomic E-state index is 0.0181. The van der Waals surface area contributed by atoms with Crippen LogP contribution < -0.4 is 10.6 Å². The summed E-state index contributed by atoms with van der Waals surface area (Å²) >= 11 is 0. The van der Waals surface area contributed by atoms with Crippen LogP contribution in [0.15, 0.2) is 34.7 Å². The molecule has 1 atom stereocenters. The second kappa shape index (κ2) is 11.0. The number of aryl methyl sites for hydroxylation is 1. The van der Waals surface area contributed by atoms with Gasteiger partial charge in [0, 0.05) is 13.1 Å². The number of amides is 2. The predicted octanol–water partition coefficient (Wildman–Crippen LogP) is 1.99. The Labute approximate surface area is 188 Å². The third-order valence-corrected chi connectivity index (χ3v) is 7.69. The van der Waals surface area contributed by atoms with E-state index in [1.54, 1.807) is 0 Å². The number of halogens is 1. The summed E-state index contributed by atoms with van der Waals surface area (Å²) in [5, 5.41) is 5.06. The number of hydrogen-bond acceptors (Lipinski definition) is 5. The maximum absolute atomic E-state index is 13.4. The number of sulfonamides is 1. The van der Waals surface area contributed by atoms with Gasteiger partial charge >= 0.3 is 11.8 Å². The zero-order chi connectivity index (χ0) is 23.1. The fourth-order valence-electron chi connectivity index (χ4n) is 3.94. The molecule has 10 heteroatoms. The van der Waals surface area contributed by atoms with E-state index in [2.05, 4.69) is 16.7 Å². The van der Waals surface area contributed by atoms with E-state index in [1.807, 2.05) is 0 Å². The first-order chi connectivity index (χ1) is 15.3. The molecule has 3 rings (SSSR count). The Morgan fingerprint density at radius 1 is 1.19 bits per heavy atom. The second-order valence-electron chi connectivity index (χ2n) is 8.03. The SMILES string of the molecule is Cc1cc(F)ccc1S(=O)(=O)N1CCCO[C@@H]1CNC(=O)C(=O)NCCC1=CCCCC1. The van der Waals surface area contributed by atoms with Crippen molar-refractivity contribution in [2.75, 3.05) is 26.2 Å². The van der Waals surface area contributed by atoms with Crippen LogP contribution in [0.2, 0.25) is 0 Å². The van der Waals surface area contributed by atoms with Gasteiger partial charge in [-0.25, -0.2) is 12.8 Å². The Morgan fingerprint density at radius 3 is 2.69 bits per heavy atom. The maximum Gasteiger partial charge on any atom is 0.309 e. The Morgan fingerprint density at radius 2 is 1.97 bits per heavy atom.